The molecular formula is C30H40N8O4S. The van der Waals surface area contributed by atoms with Crippen molar-refractivity contribution in [2.45, 2.75) is 39.3 Å². The summed E-state index contributed by atoms with van der Waals surface area (Å²) in [6.07, 6.45) is 3.46. The van der Waals surface area contributed by atoms with Crippen LogP contribution in [0.25, 0.3) is 0 Å². The number of nitrogens with zero attached hydrogens (tertiary/aromatic N) is 5. The average Bonchev–Trinajstić information content (AvgIpc) is 3.47. The second-order valence-corrected chi connectivity index (χ2v) is 12.3. The second kappa shape index (κ2) is 14.9. The van der Waals surface area contributed by atoms with Gasteiger partial charge in [-0.15, -0.1) is 11.3 Å². The van der Waals surface area contributed by atoms with Crippen molar-refractivity contribution in [3.8, 4) is 0 Å². The van der Waals surface area contributed by atoms with E-state index < -0.39 is 17.6 Å². The summed E-state index contributed by atoms with van der Waals surface area (Å²) in [7, 11) is 2.13. The van der Waals surface area contributed by atoms with Gasteiger partial charge in [-0.2, -0.15) is 0 Å². The molecule has 0 bridgehead atoms. The lowest BCUT2D eigenvalue weighted by Gasteiger charge is -2.33. The van der Waals surface area contributed by atoms with Gasteiger partial charge in [0, 0.05) is 57.0 Å². The summed E-state index contributed by atoms with van der Waals surface area (Å²) in [5, 5.41) is 10.7. The van der Waals surface area contributed by atoms with Gasteiger partial charge in [0.1, 0.15) is 11.3 Å². The molecule has 0 unspecified atom stereocenters. The first kappa shape index (κ1) is 31.9. The van der Waals surface area contributed by atoms with Crippen LogP contribution in [-0.2, 0) is 11.3 Å². The molecule has 0 spiro atoms. The van der Waals surface area contributed by atoms with Crippen molar-refractivity contribution in [3.05, 3.63) is 65.4 Å². The van der Waals surface area contributed by atoms with Crippen LogP contribution < -0.4 is 16.0 Å². The Labute approximate surface area is 256 Å². The number of likely N-dealkylation sites (N-methyl/N-ethyl adjacent to an activating group) is 1. The van der Waals surface area contributed by atoms with E-state index in [0.717, 1.165) is 44.7 Å². The molecule has 13 heteroatoms. The minimum absolute atomic E-state index is 0.199. The van der Waals surface area contributed by atoms with Crippen molar-refractivity contribution in [2.24, 2.45) is 0 Å². The molecule has 12 nitrogen and oxygen atoms in total. The Morgan fingerprint density at radius 2 is 1.70 bits per heavy atom. The molecule has 0 atom stereocenters. The molecule has 1 fully saturated rings. The molecule has 3 N–H and O–H groups in total. The lowest BCUT2D eigenvalue weighted by atomic mass is 10.2. The third-order valence-electron chi connectivity index (χ3n) is 6.67. The highest BCUT2D eigenvalue weighted by molar-refractivity contribution is 7.13. The molecule has 1 aromatic carbocycles. The minimum atomic E-state index is -0.657. The standard InChI is InChI=1S/C30H40N8O4S/c1-30(2,3)42-29(41)34-24-9-6-5-8-23(24)33-26(39)25-11-10-22(20-32-25)21-38(28(40)35-27-31-12-19-43-27)14-7-13-37-17-15-36(4)16-18-37/h5-6,8-12,19-20H,7,13-18,21H2,1-4H3,(H,33,39)(H,34,41)(H,31,35,40). The van der Waals surface area contributed by atoms with E-state index in [4.69, 9.17) is 4.74 Å². The number of aromatic nitrogens is 2. The van der Waals surface area contributed by atoms with E-state index in [9.17, 15) is 14.4 Å². The zero-order valence-electron chi connectivity index (χ0n) is 25.1. The molecule has 3 aromatic rings. The van der Waals surface area contributed by atoms with Crippen molar-refractivity contribution < 1.29 is 19.1 Å². The minimum Gasteiger partial charge on any atom is -0.444 e. The molecule has 1 aliphatic heterocycles. The number of piperazine rings is 1. The summed E-state index contributed by atoms with van der Waals surface area (Å²) in [5.74, 6) is -0.435. The maximum absolute atomic E-state index is 13.1. The fourth-order valence-electron chi connectivity index (χ4n) is 4.44. The number of hydrogen-bond donors (Lipinski definition) is 3. The monoisotopic (exact) mass is 608 g/mol. The number of benzene rings is 1. The number of anilines is 3. The van der Waals surface area contributed by atoms with E-state index in [1.807, 2.05) is 5.38 Å². The topological polar surface area (TPSA) is 132 Å². The Balaban J connectivity index is 1.37. The first-order chi connectivity index (χ1) is 20.6. The number of carbonyl (C=O) groups is 3. The van der Waals surface area contributed by atoms with Crippen LogP contribution in [-0.4, -0.2) is 94.6 Å². The molecule has 4 rings (SSSR count). The molecule has 3 heterocycles. The SMILES string of the molecule is CN1CCN(CCCN(Cc2ccc(C(=O)Nc3ccccc3NC(=O)OC(C)(C)C)nc2)C(=O)Nc2nccs2)CC1. The van der Waals surface area contributed by atoms with Gasteiger partial charge in [0.15, 0.2) is 5.13 Å². The van der Waals surface area contributed by atoms with Gasteiger partial charge in [-0.05, 0) is 64.5 Å². The molecule has 4 amide bonds. The summed E-state index contributed by atoms with van der Waals surface area (Å²) in [5.41, 5.74) is 1.15. The number of ether oxygens (including phenoxy) is 1. The number of thiazole rings is 1. The van der Waals surface area contributed by atoms with E-state index >= 15 is 0 Å². The Morgan fingerprint density at radius 1 is 0.977 bits per heavy atom. The van der Waals surface area contributed by atoms with Crippen molar-refractivity contribution in [1.82, 2.24) is 24.7 Å². The molecule has 230 valence electrons. The van der Waals surface area contributed by atoms with Crippen LogP contribution in [0.5, 0.6) is 0 Å². The highest BCUT2D eigenvalue weighted by Crippen LogP contribution is 2.23. The first-order valence-electron chi connectivity index (χ1n) is 14.3. The Kier molecular flexibility index (Phi) is 11.0. The highest BCUT2D eigenvalue weighted by atomic mass is 32.1. The van der Waals surface area contributed by atoms with Crippen LogP contribution in [0.4, 0.5) is 26.1 Å². The Hall–Kier alpha value is -4.07. The van der Waals surface area contributed by atoms with Crippen molar-refractivity contribution >= 4 is 45.9 Å². The first-order valence-corrected chi connectivity index (χ1v) is 15.2. The fourth-order valence-corrected chi connectivity index (χ4v) is 4.96. The summed E-state index contributed by atoms with van der Waals surface area (Å²) in [6.45, 7) is 11.3. The van der Waals surface area contributed by atoms with Crippen molar-refractivity contribution in [2.75, 3.05) is 62.3 Å². The summed E-state index contributed by atoms with van der Waals surface area (Å²) < 4.78 is 5.32. The molecule has 43 heavy (non-hydrogen) atoms. The molecule has 1 aliphatic rings. The van der Waals surface area contributed by atoms with E-state index in [0.29, 0.717) is 29.6 Å². The summed E-state index contributed by atoms with van der Waals surface area (Å²) in [4.78, 5) is 53.4. The van der Waals surface area contributed by atoms with Crippen LogP contribution in [0.3, 0.4) is 0 Å². The smallest absolute Gasteiger partial charge is 0.412 e. The zero-order valence-corrected chi connectivity index (χ0v) is 25.9. The number of urea groups is 1. The Morgan fingerprint density at radius 3 is 2.33 bits per heavy atom. The van der Waals surface area contributed by atoms with Crippen LogP contribution in [0.15, 0.2) is 54.2 Å². The van der Waals surface area contributed by atoms with Gasteiger partial charge < -0.3 is 24.8 Å². The number of hydrogen-bond acceptors (Lipinski definition) is 9. The predicted molar refractivity (Wildman–Crippen MR) is 169 cm³/mol. The third kappa shape index (κ3) is 10.3. The number of para-hydroxylation sites is 2. The maximum Gasteiger partial charge on any atom is 0.412 e. The molecular weight excluding hydrogens is 568 g/mol. The van der Waals surface area contributed by atoms with Gasteiger partial charge in [-0.1, -0.05) is 18.2 Å². The van der Waals surface area contributed by atoms with E-state index in [1.165, 1.54) is 11.3 Å². The highest BCUT2D eigenvalue weighted by Gasteiger charge is 2.20. The molecule has 1 saturated heterocycles. The average molecular weight is 609 g/mol. The van der Waals surface area contributed by atoms with E-state index in [1.54, 1.807) is 74.5 Å². The van der Waals surface area contributed by atoms with Crippen LogP contribution in [0.1, 0.15) is 43.2 Å². The number of amides is 4. The largest absolute Gasteiger partial charge is 0.444 e. The fraction of sp³-hybridized carbons (Fsp3) is 0.433. The molecule has 0 aliphatic carbocycles. The summed E-state index contributed by atoms with van der Waals surface area (Å²) in [6, 6.07) is 10.0. The van der Waals surface area contributed by atoms with Gasteiger partial charge in [0.2, 0.25) is 0 Å². The lowest BCUT2D eigenvalue weighted by molar-refractivity contribution is 0.0635. The number of pyridine rings is 1. The van der Waals surface area contributed by atoms with E-state index in [2.05, 4.69) is 42.8 Å². The quantitative estimate of drug-likeness (QED) is 0.299. The maximum atomic E-state index is 13.1. The van der Waals surface area contributed by atoms with Crippen LogP contribution in [0.2, 0.25) is 0 Å². The zero-order chi connectivity index (χ0) is 30.8. The van der Waals surface area contributed by atoms with Gasteiger partial charge >= 0.3 is 12.1 Å². The van der Waals surface area contributed by atoms with Gasteiger partial charge in [-0.3, -0.25) is 20.4 Å². The van der Waals surface area contributed by atoms with E-state index in [-0.39, 0.29) is 11.7 Å². The normalized spacial score (nSPS) is 14.1. The number of carbonyl (C=O) groups excluding carboxylic acids is 3. The lowest BCUT2D eigenvalue weighted by Crippen LogP contribution is -2.45. The van der Waals surface area contributed by atoms with Crippen molar-refractivity contribution in [3.63, 3.8) is 0 Å². The van der Waals surface area contributed by atoms with Crippen LogP contribution >= 0.6 is 11.3 Å². The molecule has 2 aromatic heterocycles. The van der Waals surface area contributed by atoms with Gasteiger partial charge in [0.05, 0.1) is 11.4 Å². The van der Waals surface area contributed by atoms with Gasteiger partial charge in [0.25, 0.3) is 5.91 Å². The van der Waals surface area contributed by atoms with Crippen molar-refractivity contribution in [1.29, 1.82) is 0 Å². The van der Waals surface area contributed by atoms with Crippen LogP contribution in [0, 0.1) is 0 Å². The number of rotatable bonds is 10. The van der Waals surface area contributed by atoms with Gasteiger partial charge in [-0.25, -0.2) is 14.6 Å². The molecule has 0 saturated carbocycles. The number of nitrogens with one attached hydrogen (secondary N) is 3. The molecule has 0 radical (unpaired) electrons. The second-order valence-electron chi connectivity index (χ2n) is 11.4. The summed E-state index contributed by atoms with van der Waals surface area (Å²) >= 11 is 1.36. The Bertz CT molecular complexity index is 1350. The third-order valence-corrected chi connectivity index (χ3v) is 7.36. The predicted octanol–water partition coefficient (Wildman–Crippen LogP) is 4.81.